The molecule has 6 N–H and O–H groups in total. The van der Waals surface area contributed by atoms with E-state index < -0.39 is 49.5 Å². The number of hydrogen-bond acceptors (Lipinski definition) is 10. The fourth-order valence-electron chi connectivity index (χ4n) is 11.5. The number of esters is 1. The summed E-state index contributed by atoms with van der Waals surface area (Å²) in [7, 11) is 0. The van der Waals surface area contributed by atoms with E-state index in [-0.39, 0.29) is 18.5 Å². The molecule has 0 aliphatic carbocycles. The first kappa shape index (κ1) is 80.6. The van der Waals surface area contributed by atoms with Gasteiger partial charge in [0.2, 0.25) is 5.91 Å². The molecule has 498 valence electrons. The molecule has 85 heavy (non-hydrogen) atoms. The molecule has 7 unspecified atom stereocenters. The molecule has 11 heteroatoms. The number of unbranched alkanes of at least 4 members (excludes halogenated alkanes) is 45. The van der Waals surface area contributed by atoms with Crippen LogP contribution in [0.25, 0.3) is 0 Å². The number of amides is 1. The van der Waals surface area contributed by atoms with Gasteiger partial charge in [0.1, 0.15) is 24.4 Å². The number of carbonyl (C=O) groups excluding carboxylic acids is 2. The number of nitrogens with one attached hydrogen (secondary N) is 1. The van der Waals surface area contributed by atoms with Crippen LogP contribution in [0, 0.1) is 0 Å². The Morgan fingerprint density at radius 1 is 0.447 bits per heavy atom. The molecule has 0 bridgehead atoms. The van der Waals surface area contributed by atoms with Gasteiger partial charge in [0, 0.05) is 12.8 Å². The predicted molar refractivity (Wildman–Crippen MR) is 357 cm³/mol. The minimum Gasteiger partial charge on any atom is -0.466 e. The molecule has 7 atom stereocenters. The number of aliphatic hydroxyl groups is 5. The molecule has 11 nitrogen and oxygen atoms in total. The molecule has 1 rings (SSSR count). The minimum absolute atomic E-state index is 0.0138. The molecule has 1 aliphatic heterocycles. The first-order valence-electron chi connectivity index (χ1n) is 36.4. The van der Waals surface area contributed by atoms with Gasteiger partial charge in [-0.1, -0.05) is 306 Å². The average molecular weight is 1200 g/mol. The van der Waals surface area contributed by atoms with Crippen molar-refractivity contribution >= 4 is 11.9 Å². The summed E-state index contributed by atoms with van der Waals surface area (Å²) in [5.41, 5.74) is 0. The van der Waals surface area contributed by atoms with Crippen LogP contribution >= 0.6 is 0 Å². The summed E-state index contributed by atoms with van der Waals surface area (Å²) in [6.07, 6.45) is 73.0. The smallest absolute Gasteiger partial charge is 0.305 e. The van der Waals surface area contributed by atoms with Gasteiger partial charge >= 0.3 is 5.97 Å². The molecule has 1 saturated heterocycles. The van der Waals surface area contributed by atoms with E-state index in [2.05, 4.69) is 42.6 Å². The molecular weight excluding hydrogens is 1060 g/mol. The standard InChI is InChI=1S/C74H137NO10/c1-3-5-7-9-11-13-14-15-16-36-39-42-46-50-54-58-62-70(79)83-63-59-55-51-47-43-40-37-34-32-30-28-26-24-22-20-18-17-19-21-23-25-27-29-31-33-35-38-41-45-49-53-57-61-69(78)75-66(67(77)60-56-52-48-44-12-10-8-6-4-2)65-84-74-73(82)72(81)71(80)68(64-76)85-74/h4,6,12,20,22,44,56,60,66-68,71-74,76-77,80-82H,3,5,7-11,13-19,21,23-43,45-55,57-59,61-65H2,1-2H3,(H,75,78)/b6-4+,22-20-,44-12+,60-56+. The first-order chi connectivity index (χ1) is 41.7. The number of rotatable bonds is 64. The van der Waals surface area contributed by atoms with E-state index in [4.69, 9.17) is 14.2 Å². The van der Waals surface area contributed by atoms with E-state index in [1.807, 2.05) is 19.1 Å². The summed E-state index contributed by atoms with van der Waals surface area (Å²) in [5, 5.41) is 54.2. The van der Waals surface area contributed by atoms with Crippen LogP contribution in [-0.2, 0) is 23.8 Å². The highest BCUT2D eigenvalue weighted by Gasteiger charge is 2.44. The molecule has 0 spiro atoms. The highest BCUT2D eigenvalue weighted by Crippen LogP contribution is 2.23. The van der Waals surface area contributed by atoms with Crippen molar-refractivity contribution < 1.29 is 49.3 Å². The van der Waals surface area contributed by atoms with Crippen LogP contribution in [0.4, 0.5) is 0 Å². The highest BCUT2D eigenvalue weighted by molar-refractivity contribution is 5.76. The second kappa shape index (κ2) is 63.2. The van der Waals surface area contributed by atoms with Crippen LogP contribution in [0.5, 0.6) is 0 Å². The second-order valence-electron chi connectivity index (χ2n) is 25.3. The summed E-state index contributed by atoms with van der Waals surface area (Å²) in [6.45, 7) is 4.13. The number of allylic oxidation sites excluding steroid dienone is 7. The van der Waals surface area contributed by atoms with Crippen LogP contribution in [0.15, 0.2) is 48.6 Å². The topological polar surface area (TPSA) is 175 Å². The summed E-state index contributed by atoms with van der Waals surface area (Å²) in [4.78, 5) is 25.1. The van der Waals surface area contributed by atoms with Gasteiger partial charge < -0.3 is 45.1 Å². The summed E-state index contributed by atoms with van der Waals surface area (Å²) in [5.74, 6) is -0.182. The second-order valence-corrected chi connectivity index (χ2v) is 25.3. The van der Waals surface area contributed by atoms with E-state index in [1.54, 1.807) is 6.08 Å². The van der Waals surface area contributed by atoms with E-state index >= 15 is 0 Å². The minimum atomic E-state index is -1.58. The van der Waals surface area contributed by atoms with Crippen molar-refractivity contribution in [1.29, 1.82) is 0 Å². The largest absolute Gasteiger partial charge is 0.466 e. The Kier molecular flexibility index (Phi) is 60.0. The maximum atomic E-state index is 13.0. The highest BCUT2D eigenvalue weighted by atomic mass is 16.7. The van der Waals surface area contributed by atoms with Crippen molar-refractivity contribution in [2.45, 2.75) is 391 Å². The Morgan fingerprint density at radius 2 is 0.812 bits per heavy atom. The third kappa shape index (κ3) is 52.1. The van der Waals surface area contributed by atoms with Crippen molar-refractivity contribution in [3.8, 4) is 0 Å². The Hall–Kier alpha value is -2.38. The lowest BCUT2D eigenvalue weighted by Gasteiger charge is -2.40. The van der Waals surface area contributed by atoms with Crippen molar-refractivity contribution in [3.63, 3.8) is 0 Å². The maximum absolute atomic E-state index is 13.0. The Balaban J connectivity index is 1.89. The molecule has 0 saturated carbocycles. The van der Waals surface area contributed by atoms with Gasteiger partial charge in [-0.2, -0.15) is 0 Å². The maximum Gasteiger partial charge on any atom is 0.305 e. The van der Waals surface area contributed by atoms with Crippen LogP contribution in [0.3, 0.4) is 0 Å². The summed E-state index contributed by atoms with van der Waals surface area (Å²) < 4.78 is 16.7. The number of ether oxygens (including phenoxy) is 3. The van der Waals surface area contributed by atoms with Gasteiger partial charge in [0.25, 0.3) is 0 Å². The Bertz CT molecular complexity index is 1550. The molecule has 0 aromatic heterocycles. The van der Waals surface area contributed by atoms with Crippen molar-refractivity contribution in [2.75, 3.05) is 19.8 Å². The number of hydrogen-bond donors (Lipinski definition) is 6. The van der Waals surface area contributed by atoms with E-state index in [0.717, 1.165) is 57.8 Å². The molecule has 1 aliphatic rings. The monoisotopic (exact) mass is 1200 g/mol. The third-order valence-corrected chi connectivity index (χ3v) is 17.2. The Morgan fingerprint density at radius 3 is 1.24 bits per heavy atom. The molecule has 1 amide bonds. The lowest BCUT2D eigenvalue weighted by Crippen LogP contribution is -2.60. The van der Waals surface area contributed by atoms with Gasteiger partial charge in [0.15, 0.2) is 6.29 Å². The zero-order chi connectivity index (χ0) is 61.6. The fraction of sp³-hybridized carbons (Fsp3) is 0.865. The van der Waals surface area contributed by atoms with E-state index in [9.17, 15) is 35.1 Å². The van der Waals surface area contributed by atoms with Crippen LogP contribution in [-0.4, -0.2) is 100 Å². The molecule has 1 fully saturated rings. The molecule has 0 radical (unpaired) electrons. The SMILES string of the molecule is C/C=C/CC/C=C/CC/C=C/C(O)C(COC1OC(CO)C(O)C(O)C1O)NC(=O)CCCCCCCCCCCCCCCCCC/C=C\CCCCCCCCCCCCCCOC(=O)CCCCCCCCCCCCCCCCCC. The normalized spacial score (nSPS) is 18.2. The molecule has 1 heterocycles. The van der Waals surface area contributed by atoms with Crippen molar-refractivity contribution in [3.05, 3.63) is 48.6 Å². The van der Waals surface area contributed by atoms with Crippen LogP contribution in [0.1, 0.15) is 348 Å². The summed E-state index contributed by atoms with van der Waals surface area (Å²) in [6, 6.07) is -0.832. The number of aliphatic hydroxyl groups excluding tert-OH is 5. The van der Waals surface area contributed by atoms with Gasteiger partial charge in [-0.25, -0.2) is 0 Å². The Labute approximate surface area is 523 Å². The lowest BCUT2D eigenvalue weighted by atomic mass is 9.99. The fourth-order valence-corrected chi connectivity index (χ4v) is 11.5. The van der Waals surface area contributed by atoms with Gasteiger partial charge in [-0.3, -0.25) is 9.59 Å². The van der Waals surface area contributed by atoms with Crippen LogP contribution in [0.2, 0.25) is 0 Å². The van der Waals surface area contributed by atoms with Gasteiger partial charge in [-0.05, 0) is 77.6 Å². The van der Waals surface area contributed by atoms with Crippen molar-refractivity contribution in [1.82, 2.24) is 5.32 Å². The molecular formula is C74H137NO10. The van der Waals surface area contributed by atoms with Crippen LogP contribution < -0.4 is 5.32 Å². The van der Waals surface area contributed by atoms with Crippen molar-refractivity contribution in [2.24, 2.45) is 0 Å². The van der Waals surface area contributed by atoms with Gasteiger partial charge in [-0.15, -0.1) is 0 Å². The third-order valence-electron chi connectivity index (χ3n) is 17.2. The van der Waals surface area contributed by atoms with E-state index in [1.165, 1.54) is 263 Å². The zero-order valence-corrected chi connectivity index (χ0v) is 55.3. The average Bonchev–Trinajstić information content (AvgIpc) is 3.70. The summed E-state index contributed by atoms with van der Waals surface area (Å²) >= 11 is 0. The lowest BCUT2D eigenvalue weighted by molar-refractivity contribution is -0.302. The first-order valence-corrected chi connectivity index (χ1v) is 36.4. The molecule has 0 aromatic rings. The van der Waals surface area contributed by atoms with E-state index in [0.29, 0.717) is 19.4 Å². The quantitative estimate of drug-likeness (QED) is 0.0195. The molecule has 0 aromatic carbocycles. The van der Waals surface area contributed by atoms with Gasteiger partial charge in [0.05, 0.1) is 32.0 Å². The number of carbonyl (C=O) groups is 2. The zero-order valence-electron chi connectivity index (χ0n) is 55.3. The predicted octanol–water partition coefficient (Wildman–Crippen LogP) is 18.7.